The number of benzene rings is 4. The molecule has 16 rings (SSSR count). The summed E-state index contributed by atoms with van der Waals surface area (Å²) in [7, 11) is 6.58. The van der Waals surface area contributed by atoms with Crippen molar-refractivity contribution in [2.75, 3.05) is 76.1 Å². The highest BCUT2D eigenvalue weighted by Crippen LogP contribution is 2.57. The van der Waals surface area contributed by atoms with E-state index in [9.17, 15) is 19.2 Å². The SMILES string of the molecule is COc1cccc(OC)c1C1=C2C=CC3=[N+]2C24n5c(ccc51)C(c1c(NC(=O)C5CCCO5)cccc1NC(=O)C1CCCO1)=C1C=CC(=[N+]12)C(c1c(OC)cccc1OC)=c1ccc(n14)=C3c1c(NC(=O)C2CCCO2)cccc1NC(=O)C1CCCO1. The van der Waals surface area contributed by atoms with Crippen molar-refractivity contribution in [3.05, 3.63) is 177 Å². The summed E-state index contributed by atoms with van der Waals surface area (Å²) in [5.41, 5.74) is 11.6. The topological polar surface area (TPSA) is 206 Å². The van der Waals surface area contributed by atoms with Crippen molar-refractivity contribution in [1.82, 2.24) is 9.13 Å². The van der Waals surface area contributed by atoms with Gasteiger partial charge in [0.2, 0.25) is 22.8 Å². The van der Waals surface area contributed by atoms with E-state index in [4.69, 9.17) is 37.9 Å². The fourth-order valence-corrected chi connectivity index (χ4v) is 15.0. The number of rotatable bonds is 16. The van der Waals surface area contributed by atoms with Gasteiger partial charge >= 0.3 is 5.91 Å². The molecule has 4 fully saturated rings. The van der Waals surface area contributed by atoms with E-state index in [1.807, 2.05) is 72.8 Å². The molecule has 4 N–H and O–H groups in total. The van der Waals surface area contributed by atoms with Crippen LogP contribution in [-0.4, -0.2) is 133 Å². The molecule has 10 aliphatic rings. The molecular formula is C69H64N8O12+2. The molecule has 10 aliphatic heterocycles. The summed E-state index contributed by atoms with van der Waals surface area (Å²) in [6.07, 6.45) is 10.9. The summed E-state index contributed by atoms with van der Waals surface area (Å²) >= 11 is 0. The Hall–Kier alpha value is -9.60. The zero-order valence-corrected chi connectivity index (χ0v) is 49.5. The van der Waals surface area contributed by atoms with Crippen LogP contribution in [-0.2, 0) is 44.0 Å². The predicted molar refractivity (Wildman–Crippen MR) is 330 cm³/mol. The summed E-state index contributed by atoms with van der Waals surface area (Å²) in [6.45, 7) is 1.86. The number of amides is 4. The average molecular weight is 1200 g/mol. The van der Waals surface area contributed by atoms with Crippen LogP contribution in [0.4, 0.5) is 22.7 Å². The quantitative estimate of drug-likeness (QED) is 0.0729. The molecule has 4 amide bonds. The Morgan fingerprint density at radius 3 is 1.09 bits per heavy atom. The molecule has 1 spiro atoms. The molecule has 20 heteroatoms. The van der Waals surface area contributed by atoms with Crippen LogP contribution >= 0.6 is 0 Å². The van der Waals surface area contributed by atoms with E-state index in [1.54, 1.807) is 28.4 Å². The number of nitrogens with zero attached hydrogens (tertiary/aromatic N) is 4. The normalized spacial score (nSPS) is 22.9. The summed E-state index contributed by atoms with van der Waals surface area (Å²) in [4.78, 5) is 58.3. The van der Waals surface area contributed by atoms with Gasteiger partial charge in [0.1, 0.15) is 47.4 Å². The first-order valence-electron chi connectivity index (χ1n) is 30.5. The number of carbonyl (C=O) groups is 4. The van der Waals surface area contributed by atoms with Crippen LogP contribution in [0.25, 0.3) is 22.3 Å². The lowest BCUT2D eigenvalue weighted by atomic mass is 9.90. The Labute approximate surface area is 511 Å². The minimum absolute atomic E-state index is 0.302. The third-order valence-corrected chi connectivity index (χ3v) is 18.7. The summed E-state index contributed by atoms with van der Waals surface area (Å²) in [5, 5.41) is 14.7. The van der Waals surface area contributed by atoms with E-state index >= 15 is 0 Å². The Morgan fingerprint density at radius 1 is 0.416 bits per heavy atom. The molecule has 12 heterocycles. The molecule has 4 aromatic carbocycles. The van der Waals surface area contributed by atoms with Crippen LogP contribution in [0.2, 0.25) is 0 Å². The van der Waals surface area contributed by atoms with Gasteiger partial charge in [-0.2, -0.15) is 9.13 Å². The number of methoxy groups -OCH3 is 4. The maximum atomic E-state index is 14.6. The first-order valence-corrected chi connectivity index (χ1v) is 30.5. The zero-order valence-electron chi connectivity index (χ0n) is 49.5. The third-order valence-electron chi connectivity index (χ3n) is 18.7. The molecule has 0 radical (unpaired) electrons. The van der Waals surface area contributed by atoms with Crippen LogP contribution < -0.4 is 50.9 Å². The summed E-state index contributed by atoms with van der Waals surface area (Å²) < 4.78 is 58.7. The van der Waals surface area contributed by atoms with E-state index in [0.717, 1.165) is 81.7 Å². The fraction of sp³-hybridized carbons (Fsp3) is 0.304. The standard InChI is InChI=1S/C69H62N8O12/c1-82-49-17-7-18-50(83-2)63(49)61-45-29-25-41-59(57-37(70-65(78)53-21-9-33-86-53)13-5-14-38(57)71-66(79)54-22-10-34-87-54)43-27-31-47-62(64-51(84-3)19-8-20-52(64)85-4)48-32-28-44-60(42-26-30-46(61)75(42)69(74(41)45,76(43)47)77(44)48)58-39(72-67(80)55-23-11-35-88-55)15-6-16-40(58)73-68(81)56-24-12-36-89-56/h5-8,13-20,25-32,53-56H,9-12,21-24,33-36H2,1-4H3,(H2-,70,71,72,73,78,79,80,81)/p+2. The number of ether oxygens (including phenoxy) is 8. The molecule has 5 atom stereocenters. The Balaban J connectivity index is 1.07. The van der Waals surface area contributed by atoms with Crippen molar-refractivity contribution < 1.29 is 66.2 Å². The molecule has 4 saturated heterocycles. The molecule has 450 valence electrons. The third kappa shape index (κ3) is 8.05. The Kier molecular flexibility index (Phi) is 13.1. The number of nitrogens with one attached hydrogen (secondary N) is 4. The van der Waals surface area contributed by atoms with Crippen LogP contribution in [0.15, 0.2) is 133 Å². The molecule has 2 aromatic heterocycles. The highest BCUT2D eigenvalue weighted by molar-refractivity contribution is 6.32. The fourth-order valence-electron chi connectivity index (χ4n) is 15.0. The van der Waals surface area contributed by atoms with Gasteiger partial charge in [0.05, 0.1) is 107 Å². The molecule has 0 aliphatic carbocycles. The maximum absolute atomic E-state index is 14.6. The first-order chi connectivity index (χ1) is 43.7. The molecule has 5 unspecified atom stereocenters. The van der Waals surface area contributed by atoms with Crippen molar-refractivity contribution in [1.29, 1.82) is 0 Å². The van der Waals surface area contributed by atoms with Gasteiger partial charge in [0.15, 0.2) is 0 Å². The lowest BCUT2D eigenvalue weighted by Crippen LogP contribution is -2.71. The molecule has 6 aromatic rings. The highest BCUT2D eigenvalue weighted by atomic mass is 16.5. The van der Waals surface area contributed by atoms with Gasteiger partial charge in [-0.05, 0) is 124 Å². The average Bonchev–Trinajstić information content (AvgIpc) is 1.52. The van der Waals surface area contributed by atoms with Gasteiger partial charge in [-0.15, -0.1) is 0 Å². The maximum Gasteiger partial charge on any atom is 0.553 e. The van der Waals surface area contributed by atoms with Crippen molar-refractivity contribution in [2.24, 2.45) is 0 Å². The second-order valence-electron chi connectivity index (χ2n) is 23.4. The highest BCUT2D eigenvalue weighted by Gasteiger charge is 2.73. The smallest absolute Gasteiger partial charge is 0.496 e. The first kappa shape index (κ1) is 54.8. The van der Waals surface area contributed by atoms with Crippen molar-refractivity contribution >= 4 is 80.1 Å². The lowest BCUT2D eigenvalue weighted by Gasteiger charge is -2.41. The number of allylic oxidation sites excluding steroid dienone is 4. The second kappa shape index (κ2) is 21.3. The minimum Gasteiger partial charge on any atom is -0.496 e. The Bertz CT molecular complexity index is 4320. The molecule has 0 bridgehead atoms. The molecule has 20 nitrogen and oxygen atoms in total. The monoisotopic (exact) mass is 1200 g/mol. The molecule has 0 saturated carbocycles. The number of aromatic nitrogens is 2. The molecule has 89 heavy (non-hydrogen) atoms. The summed E-state index contributed by atoms with van der Waals surface area (Å²) in [6, 6.07) is 31.1. The van der Waals surface area contributed by atoms with E-state index in [0.29, 0.717) is 131 Å². The van der Waals surface area contributed by atoms with E-state index in [2.05, 4.69) is 88.1 Å². The van der Waals surface area contributed by atoms with Crippen LogP contribution in [0, 0.1) is 0 Å². The number of hydrogen-bond acceptors (Lipinski definition) is 12. The number of carbonyl (C=O) groups excluding carboxylic acids is 4. The van der Waals surface area contributed by atoms with Crippen LogP contribution in [0.1, 0.15) is 85.0 Å². The van der Waals surface area contributed by atoms with Gasteiger partial charge < -0.3 is 59.2 Å². The number of hydrogen-bond donors (Lipinski definition) is 4. The Morgan fingerprint density at radius 2 is 0.742 bits per heavy atom. The van der Waals surface area contributed by atoms with Crippen LogP contribution in [0.5, 0.6) is 23.0 Å². The van der Waals surface area contributed by atoms with Gasteiger partial charge in [-0.3, -0.25) is 19.2 Å². The molecular weight excluding hydrogens is 1130 g/mol. The van der Waals surface area contributed by atoms with Gasteiger partial charge in [-0.25, -0.2) is 0 Å². The zero-order chi connectivity index (χ0) is 60.4. The van der Waals surface area contributed by atoms with Gasteiger partial charge in [0.25, 0.3) is 23.6 Å². The van der Waals surface area contributed by atoms with E-state index in [1.165, 1.54) is 0 Å². The van der Waals surface area contributed by atoms with Crippen molar-refractivity contribution in [3.8, 4) is 23.0 Å². The second-order valence-corrected chi connectivity index (χ2v) is 23.4. The van der Waals surface area contributed by atoms with Gasteiger partial charge in [0, 0.05) is 61.9 Å². The largest absolute Gasteiger partial charge is 0.553 e. The van der Waals surface area contributed by atoms with Crippen molar-refractivity contribution in [3.63, 3.8) is 0 Å². The summed E-state index contributed by atoms with van der Waals surface area (Å²) in [5.74, 6) is -0.442. The minimum atomic E-state index is -1.44. The predicted octanol–water partition coefficient (Wildman–Crippen LogP) is 6.93. The van der Waals surface area contributed by atoms with Gasteiger partial charge in [-0.1, -0.05) is 33.4 Å². The lowest BCUT2D eigenvalue weighted by molar-refractivity contribution is -0.834. The van der Waals surface area contributed by atoms with Crippen LogP contribution in [0.3, 0.4) is 0 Å². The van der Waals surface area contributed by atoms with E-state index in [-0.39, 0.29) is 23.6 Å². The number of anilines is 4. The van der Waals surface area contributed by atoms with E-state index < -0.39 is 30.3 Å². The van der Waals surface area contributed by atoms with Crippen molar-refractivity contribution in [2.45, 2.75) is 81.7 Å².